The van der Waals surface area contributed by atoms with Gasteiger partial charge in [-0.15, -0.1) is 0 Å². The Morgan fingerprint density at radius 3 is 2.60 bits per heavy atom. The van der Waals surface area contributed by atoms with Gasteiger partial charge in [0.05, 0.1) is 13.2 Å². The molecular weight excluding hydrogens is 222 g/mol. The molecule has 0 radical (unpaired) electrons. The molecule has 0 aromatic carbocycles. The topological polar surface area (TPSA) is 73.9 Å². The molecule has 0 spiro atoms. The van der Waals surface area contributed by atoms with Crippen molar-refractivity contribution in [2.24, 2.45) is 0 Å². The van der Waals surface area contributed by atoms with E-state index in [2.05, 4.69) is 38.5 Å². The van der Waals surface area contributed by atoms with Gasteiger partial charge < -0.3 is 19.0 Å². The lowest BCUT2D eigenvalue weighted by atomic mass is 10.6. The quantitative estimate of drug-likeness (QED) is 0.218. The number of hydrogen-bond donors (Lipinski definition) is 2. The summed E-state index contributed by atoms with van der Waals surface area (Å²) in [5.74, 6) is -0.534. The largest absolute Gasteiger partial charge is 0.461 e. The summed E-state index contributed by atoms with van der Waals surface area (Å²) in [6, 6.07) is 0. The zero-order valence-electron chi connectivity index (χ0n) is 8.10. The second kappa shape index (κ2) is 9.35. The van der Waals surface area contributed by atoms with Crippen molar-refractivity contribution in [1.29, 1.82) is 0 Å². The van der Waals surface area contributed by atoms with Gasteiger partial charge in [0.1, 0.15) is 13.2 Å². The lowest BCUT2D eigenvalue weighted by Crippen LogP contribution is -2.29. The molecular formula is C8H13NO5S. The first-order valence-corrected chi connectivity index (χ1v) is 4.53. The van der Waals surface area contributed by atoms with Gasteiger partial charge in [0.15, 0.2) is 0 Å². The molecule has 0 saturated heterocycles. The van der Waals surface area contributed by atoms with Crippen molar-refractivity contribution in [2.75, 3.05) is 26.4 Å². The van der Waals surface area contributed by atoms with E-state index < -0.39 is 12.1 Å². The number of hydrogen-bond acceptors (Lipinski definition) is 6. The number of ether oxygens (including phenoxy) is 2. The molecule has 0 saturated carbocycles. The maximum atomic E-state index is 10.9. The highest BCUT2D eigenvalue weighted by Gasteiger charge is 2.01. The molecule has 0 unspecified atom stereocenters. The van der Waals surface area contributed by atoms with Gasteiger partial charge in [0.25, 0.3) is 0 Å². The molecule has 86 valence electrons. The van der Waals surface area contributed by atoms with Crippen LogP contribution in [0.5, 0.6) is 0 Å². The van der Waals surface area contributed by atoms with E-state index >= 15 is 0 Å². The van der Waals surface area contributed by atoms with Crippen molar-refractivity contribution in [3.05, 3.63) is 12.7 Å². The number of rotatable bonds is 7. The van der Waals surface area contributed by atoms with Crippen LogP contribution in [0.25, 0.3) is 0 Å². The maximum Gasteiger partial charge on any atom is 0.407 e. The molecule has 0 aliphatic carbocycles. The lowest BCUT2D eigenvalue weighted by molar-refractivity contribution is -0.137. The number of esters is 1. The third-order valence-corrected chi connectivity index (χ3v) is 1.37. The molecule has 6 nitrogen and oxygen atoms in total. The molecule has 0 aliphatic heterocycles. The van der Waals surface area contributed by atoms with Gasteiger partial charge in [-0.25, -0.2) is 9.59 Å². The molecule has 1 N–H and O–H groups in total. The summed E-state index contributed by atoms with van der Waals surface area (Å²) in [6.45, 7) is 3.79. The summed E-state index contributed by atoms with van der Waals surface area (Å²) < 4.78 is 13.6. The average Bonchev–Trinajstić information content (AvgIpc) is 2.24. The second-order valence-corrected chi connectivity index (χ2v) is 2.53. The molecule has 0 aromatic heterocycles. The summed E-state index contributed by atoms with van der Waals surface area (Å²) in [6.07, 6.45) is 0.442. The smallest absolute Gasteiger partial charge is 0.407 e. The van der Waals surface area contributed by atoms with Crippen LogP contribution in [0.4, 0.5) is 4.79 Å². The Hall–Kier alpha value is -1.21. The van der Waals surface area contributed by atoms with Crippen LogP contribution in [0.1, 0.15) is 0 Å². The molecule has 0 atom stereocenters. The van der Waals surface area contributed by atoms with Gasteiger partial charge >= 0.3 is 12.1 Å². The summed E-state index contributed by atoms with van der Waals surface area (Å²) in [4.78, 5) is 21.4. The minimum absolute atomic E-state index is 0.0724. The molecule has 0 rings (SSSR count). The number of carbonyl (C=O) groups is 2. The summed E-state index contributed by atoms with van der Waals surface area (Å²) in [5, 5.41) is 2.37. The summed E-state index contributed by atoms with van der Waals surface area (Å²) in [5.41, 5.74) is 0. The van der Waals surface area contributed by atoms with Crippen molar-refractivity contribution in [3.63, 3.8) is 0 Å². The molecule has 15 heavy (non-hydrogen) atoms. The van der Waals surface area contributed by atoms with Crippen LogP contribution in [0, 0.1) is 0 Å². The number of nitrogens with one attached hydrogen (secondary N) is 1. The molecule has 0 aromatic rings. The van der Waals surface area contributed by atoms with Crippen LogP contribution in [-0.2, 0) is 18.5 Å². The van der Waals surface area contributed by atoms with Gasteiger partial charge in [0, 0.05) is 6.08 Å². The zero-order chi connectivity index (χ0) is 11.5. The minimum atomic E-state index is -0.602. The van der Waals surface area contributed by atoms with E-state index in [0.717, 1.165) is 6.08 Å². The van der Waals surface area contributed by atoms with Crippen LogP contribution in [0.3, 0.4) is 0 Å². The van der Waals surface area contributed by atoms with E-state index in [4.69, 9.17) is 0 Å². The van der Waals surface area contributed by atoms with Crippen molar-refractivity contribution >= 4 is 25.0 Å². The summed E-state index contributed by atoms with van der Waals surface area (Å²) >= 11 is 3.46. The lowest BCUT2D eigenvalue weighted by Gasteiger charge is -2.05. The van der Waals surface area contributed by atoms with Crippen LogP contribution in [0.2, 0.25) is 0 Å². The van der Waals surface area contributed by atoms with Crippen molar-refractivity contribution in [3.8, 4) is 0 Å². The first kappa shape index (κ1) is 13.8. The third-order valence-electron chi connectivity index (χ3n) is 1.19. The van der Waals surface area contributed by atoms with E-state index in [0.29, 0.717) is 0 Å². The predicted molar refractivity (Wildman–Crippen MR) is 55.4 cm³/mol. The van der Waals surface area contributed by atoms with Crippen molar-refractivity contribution < 1.29 is 23.2 Å². The molecule has 0 fully saturated rings. The van der Waals surface area contributed by atoms with Gasteiger partial charge in [0.2, 0.25) is 0 Å². The van der Waals surface area contributed by atoms with Crippen LogP contribution in [-0.4, -0.2) is 38.4 Å². The number of carbonyl (C=O) groups excluding carboxylic acids is 2. The fraction of sp³-hybridized carbons (Fsp3) is 0.500. The van der Waals surface area contributed by atoms with E-state index in [9.17, 15) is 9.59 Å². The Morgan fingerprint density at radius 2 is 2.00 bits per heavy atom. The first-order valence-electron chi connectivity index (χ1n) is 4.17. The Labute approximate surface area is 93.2 Å². The Kier molecular flexibility index (Phi) is 8.59. The standard InChI is InChI=1S/C8H13NO5S/c1-2-7(10)12-4-3-9-8(11)13-5-6-14-15/h2,15H,1,3-6H2,(H,9,11). The van der Waals surface area contributed by atoms with E-state index in [1.165, 1.54) is 0 Å². The van der Waals surface area contributed by atoms with E-state index in [1.54, 1.807) is 0 Å². The highest BCUT2D eigenvalue weighted by molar-refractivity contribution is 7.75. The third kappa shape index (κ3) is 9.10. The average molecular weight is 235 g/mol. The molecule has 1 amide bonds. The maximum absolute atomic E-state index is 10.9. The van der Waals surface area contributed by atoms with Gasteiger partial charge in [-0.05, 0) is 12.9 Å². The van der Waals surface area contributed by atoms with Crippen LogP contribution >= 0.6 is 12.9 Å². The number of thiol groups is 1. The van der Waals surface area contributed by atoms with Crippen LogP contribution in [0.15, 0.2) is 12.7 Å². The van der Waals surface area contributed by atoms with E-state index in [-0.39, 0.29) is 26.4 Å². The van der Waals surface area contributed by atoms with Gasteiger partial charge in [-0.3, -0.25) is 0 Å². The highest BCUT2D eigenvalue weighted by atomic mass is 32.1. The first-order chi connectivity index (χ1) is 7.20. The second-order valence-electron chi connectivity index (χ2n) is 2.27. The molecule has 0 bridgehead atoms. The Morgan fingerprint density at radius 1 is 1.27 bits per heavy atom. The molecule has 7 heteroatoms. The van der Waals surface area contributed by atoms with Gasteiger partial charge in [-0.1, -0.05) is 6.58 Å². The van der Waals surface area contributed by atoms with Crippen LogP contribution < -0.4 is 5.32 Å². The molecule has 0 aliphatic rings. The summed E-state index contributed by atoms with van der Waals surface area (Å²) in [7, 11) is 0. The fourth-order valence-corrected chi connectivity index (χ4v) is 0.661. The number of amides is 1. The predicted octanol–water partition coefficient (Wildman–Crippen LogP) is 0.303. The fourth-order valence-electron chi connectivity index (χ4n) is 0.586. The van der Waals surface area contributed by atoms with E-state index in [1.807, 2.05) is 0 Å². The zero-order valence-corrected chi connectivity index (χ0v) is 9.00. The monoisotopic (exact) mass is 235 g/mol. The van der Waals surface area contributed by atoms with Crippen molar-refractivity contribution in [1.82, 2.24) is 5.32 Å². The SMILES string of the molecule is C=CC(=O)OCCNC(=O)OCCOS. The molecule has 0 heterocycles. The minimum Gasteiger partial charge on any atom is -0.461 e. The highest BCUT2D eigenvalue weighted by Crippen LogP contribution is 1.82. The Bertz CT molecular complexity index is 221. The van der Waals surface area contributed by atoms with Gasteiger partial charge in [-0.2, -0.15) is 0 Å². The number of alkyl carbamates (subject to hydrolysis) is 1. The normalized spacial score (nSPS) is 9.13. The Balaban J connectivity index is 3.31. The van der Waals surface area contributed by atoms with Crippen molar-refractivity contribution in [2.45, 2.75) is 0 Å².